The van der Waals surface area contributed by atoms with E-state index in [0.717, 1.165) is 24.1 Å². The monoisotopic (exact) mass is 417 g/mol. The lowest BCUT2D eigenvalue weighted by molar-refractivity contribution is -0.132. The molecule has 31 heavy (non-hydrogen) atoms. The lowest BCUT2D eigenvalue weighted by Crippen LogP contribution is -2.29. The van der Waals surface area contributed by atoms with Gasteiger partial charge in [0.1, 0.15) is 0 Å². The van der Waals surface area contributed by atoms with E-state index >= 15 is 0 Å². The summed E-state index contributed by atoms with van der Waals surface area (Å²) < 4.78 is 1.96. The molecule has 1 aromatic heterocycles. The van der Waals surface area contributed by atoms with E-state index in [1.807, 2.05) is 35.0 Å². The van der Waals surface area contributed by atoms with E-state index in [4.69, 9.17) is 0 Å². The van der Waals surface area contributed by atoms with Crippen molar-refractivity contribution in [1.29, 1.82) is 0 Å². The molecule has 3 aromatic rings. The van der Waals surface area contributed by atoms with Crippen LogP contribution >= 0.6 is 0 Å². The summed E-state index contributed by atoms with van der Waals surface area (Å²) in [6, 6.07) is 15.1. The summed E-state index contributed by atoms with van der Waals surface area (Å²) in [5.74, 6) is -1.37. The van der Waals surface area contributed by atoms with Gasteiger partial charge in [0.15, 0.2) is 0 Å². The van der Waals surface area contributed by atoms with Crippen LogP contribution in [0.5, 0.6) is 0 Å². The van der Waals surface area contributed by atoms with Gasteiger partial charge in [0.05, 0.1) is 6.33 Å². The minimum absolute atomic E-state index is 0.578. The zero-order chi connectivity index (χ0) is 21.5. The second-order valence-electron chi connectivity index (χ2n) is 7.84. The maximum atomic E-state index is 12.3. The van der Waals surface area contributed by atoms with E-state index < -0.39 is 11.8 Å². The fourth-order valence-electron chi connectivity index (χ4n) is 3.76. The van der Waals surface area contributed by atoms with Gasteiger partial charge in [0, 0.05) is 36.9 Å². The molecule has 0 unspecified atom stereocenters. The SMILES string of the molecule is O=C(Nc1ccc(Cn2ccnc2)cc1)C(=O)Nc1cccc(CCN2CCCC2)c1. The third kappa shape index (κ3) is 6.02. The zero-order valence-corrected chi connectivity index (χ0v) is 17.5. The predicted molar refractivity (Wildman–Crippen MR) is 121 cm³/mol. The quantitative estimate of drug-likeness (QED) is 0.579. The Bertz CT molecular complexity index is 1010. The van der Waals surface area contributed by atoms with Crippen molar-refractivity contribution in [3.63, 3.8) is 0 Å². The molecule has 0 aliphatic carbocycles. The lowest BCUT2D eigenvalue weighted by atomic mass is 10.1. The summed E-state index contributed by atoms with van der Waals surface area (Å²) in [7, 11) is 0. The van der Waals surface area contributed by atoms with Gasteiger partial charge in [0.25, 0.3) is 0 Å². The number of hydrogen-bond acceptors (Lipinski definition) is 4. The molecule has 0 atom stereocenters. The topological polar surface area (TPSA) is 79.3 Å². The van der Waals surface area contributed by atoms with Crippen LogP contribution in [0.1, 0.15) is 24.0 Å². The van der Waals surface area contributed by atoms with E-state index in [2.05, 4.69) is 26.6 Å². The zero-order valence-electron chi connectivity index (χ0n) is 17.5. The number of carbonyl (C=O) groups is 2. The van der Waals surface area contributed by atoms with Gasteiger partial charge in [-0.05, 0) is 67.7 Å². The molecule has 1 aliphatic rings. The number of amides is 2. The Morgan fingerprint density at radius 2 is 1.65 bits per heavy atom. The Hall–Kier alpha value is -3.45. The number of rotatable bonds is 7. The summed E-state index contributed by atoms with van der Waals surface area (Å²) in [6.07, 6.45) is 8.86. The second kappa shape index (κ2) is 10.0. The highest BCUT2D eigenvalue weighted by molar-refractivity contribution is 6.43. The first-order valence-electron chi connectivity index (χ1n) is 10.6. The summed E-state index contributed by atoms with van der Waals surface area (Å²) in [5, 5.41) is 5.34. The molecule has 0 saturated carbocycles. The number of hydrogen-bond donors (Lipinski definition) is 2. The molecule has 7 heteroatoms. The van der Waals surface area contributed by atoms with Crippen LogP contribution in [0.3, 0.4) is 0 Å². The summed E-state index contributed by atoms with van der Waals surface area (Å²) in [4.78, 5) is 31.1. The Kier molecular flexibility index (Phi) is 6.74. The van der Waals surface area contributed by atoms with Crippen molar-refractivity contribution in [3.05, 3.63) is 78.4 Å². The molecule has 7 nitrogen and oxygen atoms in total. The first-order valence-corrected chi connectivity index (χ1v) is 10.6. The minimum Gasteiger partial charge on any atom is -0.333 e. The number of imidazole rings is 1. The van der Waals surface area contributed by atoms with Crippen LogP contribution in [0.25, 0.3) is 0 Å². The fraction of sp³-hybridized carbons (Fsp3) is 0.292. The van der Waals surface area contributed by atoms with Crippen molar-refractivity contribution in [2.75, 3.05) is 30.3 Å². The predicted octanol–water partition coefficient (Wildman–Crippen LogP) is 3.15. The summed E-state index contributed by atoms with van der Waals surface area (Å²) in [6.45, 7) is 4.06. The molecule has 1 saturated heterocycles. The van der Waals surface area contributed by atoms with Crippen LogP contribution < -0.4 is 10.6 Å². The Labute approximate surface area is 182 Å². The van der Waals surface area contributed by atoms with E-state index in [9.17, 15) is 9.59 Å². The van der Waals surface area contributed by atoms with Crippen molar-refractivity contribution in [1.82, 2.24) is 14.5 Å². The standard InChI is InChI=1S/C24H27N5O2/c30-23(26-21-8-6-20(7-9-21)17-29-15-11-25-18-29)24(31)27-22-5-3-4-19(16-22)10-14-28-12-1-2-13-28/h3-9,11,15-16,18H,1-2,10,12-14,17H2,(H,26,30)(H,27,31). The molecule has 2 heterocycles. The number of benzene rings is 2. The van der Waals surface area contributed by atoms with Crippen LogP contribution in [0, 0.1) is 0 Å². The molecule has 160 valence electrons. The first kappa shape index (κ1) is 20.8. The average Bonchev–Trinajstić information content (AvgIpc) is 3.48. The van der Waals surface area contributed by atoms with Crippen molar-refractivity contribution in [2.24, 2.45) is 0 Å². The molecule has 0 bridgehead atoms. The van der Waals surface area contributed by atoms with Gasteiger partial charge in [-0.15, -0.1) is 0 Å². The van der Waals surface area contributed by atoms with Crippen molar-refractivity contribution in [2.45, 2.75) is 25.8 Å². The van der Waals surface area contributed by atoms with Crippen LogP contribution in [0.2, 0.25) is 0 Å². The minimum atomic E-state index is -0.690. The maximum Gasteiger partial charge on any atom is 0.314 e. The molecule has 2 aromatic carbocycles. The highest BCUT2D eigenvalue weighted by atomic mass is 16.2. The van der Waals surface area contributed by atoms with Crippen LogP contribution in [-0.2, 0) is 22.6 Å². The van der Waals surface area contributed by atoms with Crippen molar-refractivity contribution in [3.8, 4) is 0 Å². The highest BCUT2D eigenvalue weighted by Crippen LogP contribution is 2.15. The number of carbonyl (C=O) groups excluding carboxylic acids is 2. The molecule has 1 fully saturated rings. The van der Waals surface area contributed by atoms with Crippen LogP contribution in [0.15, 0.2) is 67.3 Å². The lowest BCUT2D eigenvalue weighted by Gasteiger charge is -2.14. The largest absolute Gasteiger partial charge is 0.333 e. The number of aromatic nitrogens is 2. The Balaban J connectivity index is 1.28. The fourth-order valence-corrected chi connectivity index (χ4v) is 3.76. The molecule has 4 rings (SSSR count). The number of nitrogens with one attached hydrogen (secondary N) is 2. The van der Waals surface area contributed by atoms with Gasteiger partial charge in [-0.2, -0.15) is 0 Å². The van der Waals surface area contributed by atoms with E-state index in [-0.39, 0.29) is 0 Å². The Morgan fingerprint density at radius 1 is 0.903 bits per heavy atom. The smallest absolute Gasteiger partial charge is 0.314 e. The van der Waals surface area contributed by atoms with Crippen LogP contribution in [-0.4, -0.2) is 45.9 Å². The molecule has 1 aliphatic heterocycles. The van der Waals surface area contributed by atoms with Gasteiger partial charge in [-0.1, -0.05) is 24.3 Å². The first-order chi connectivity index (χ1) is 15.2. The second-order valence-corrected chi connectivity index (χ2v) is 7.84. The Morgan fingerprint density at radius 3 is 2.35 bits per heavy atom. The summed E-state index contributed by atoms with van der Waals surface area (Å²) >= 11 is 0. The third-order valence-electron chi connectivity index (χ3n) is 5.44. The number of likely N-dealkylation sites (tertiary alicyclic amines) is 1. The molecule has 0 radical (unpaired) electrons. The van der Waals surface area contributed by atoms with Crippen molar-refractivity contribution < 1.29 is 9.59 Å². The van der Waals surface area contributed by atoms with Gasteiger partial charge in [-0.3, -0.25) is 9.59 Å². The highest BCUT2D eigenvalue weighted by Gasteiger charge is 2.15. The third-order valence-corrected chi connectivity index (χ3v) is 5.44. The molecular formula is C24H27N5O2. The summed E-state index contributed by atoms with van der Waals surface area (Å²) in [5.41, 5.74) is 3.44. The van der Waals surface area contributed by atoms with E-state index in [1.165, 1.54) is 25.9 Å². The van der Waals surface area contributed by atoms with Gasteiger partial charge in [-0.25, -0.2) is 4.98 Å². The van der Waals surface area contributed by atoms with Gasteiger partial charge in [0.2, 0.25) is 0 Å². The molecule has 2 amide bonds. The van der Waals surface area contributed by atoms with E-state index in [0.29, 0.717) is 17.9 Å². The van der Waals surface area contributed by atoms with Crippen LogP contribution in [0.4, 0.5) is 11.4 Å². The van der Waals surface area contributed by atoms with E-state index in [1.54, 1.807) is 30.7 Å². The molecule has 0 spiro atoms. The van der Waals surface area contributed by atoms with Gasteiger partial charge < -0.3 is 20.1 Å². The number of nitrogens with zero attached hydrogens (tertiary/aromatic N) is 3. The normalized spacial score (nSPS) is 13.8. The van der Waals surface area contributed by atoms with Crippen molar-refractivity contribution >= 4 is 23.2 Å². The molecule has 2 N–H and O–H groups in total. The number of anilines is 2. The average molecular weight is 418 g/mol. The molecular weight excluding hydrogens is 390 g/mol. The van der Waals surface area contributed by atoms with Gasteiger partial charge >= 0.3 is 11.8 Å². The maximum absolute atomic E-state index is 12.3.